The van der Waals surface area contributed by atoms with E-state index in [0.29, 0.717) is 6.42 Å². The number of hydrogen-bond acceptors (Lipinski definition) is 3. The van der Waals surface area contributed by atoms with E-state index in [1.807, 2.05) is 37.3 Å². The number of rotatable bonds is 4. The third-order valence-corrected chi connectivity index (χ3v) is 4.33. The number of amides is 1. The molecule has 0 aliphatic rings. The second-order valence-electron chi connectivity index (χ2n) is 5.27. The van der Waals surface area contributed by atoms with Crippen LogP contribution in [0.1, 0.15) is 11.1 Å². The lowest BCUT2D eigenvalue weighted by atomic mass is 10.0. The van der Waals surface area contributed by atoms with Gasteiger partial charge in [-0.3, -0.25) is 4.79 Å². The van der Waals surface area contributed by atoms with Crippen LogP contribution in [0.3, 0.4) is 0 Å². The van der Waals surface area contributed by atoms with Crippen molar-refractivity contribution in [1.29, 1.82) is 0 Å². The molecule has 1 amide bonds. The predicted octanol–water partition coefficient (Wildman–Crippen LogP) is 3.00. The number of aryl methyl sites for hydroxylation is 1. The van der Waals surface area contributed by atoms with E-state index < -0.39 is 6.04 Å². The Kier molecular flexibility index (Phi) is 5.21. The number of anilines is 1. The van der Waals surface area contributed by atoms with Crippen LogP contribution in [0.5, 0.6) is 5.75 Å². The fraction of sp³-hybridized carbons (Fsp3) is 0.235. The number of para-hydroxylation sites is 1. The maximum absolute atomic E-state index is 12.5. The number of aromatic hydroxyl groups is 1. The van der Waals surface area contributed by atoms with E-state index in [-0.39, 0.29) is 11.7 Å². The first-order valence-electron chi connectivity index (χ1n) is 6.96. The Bertz CT molecular complexity index is 651. The van der Waals surface area contributed by atoms with Crippen LogP contribution in [-0.2, 0) is 11.2 Å². The van der Waals surface area contributed by atoms with Crippen LogP contribution in [-0.4, -0.2) is 24.1 Å². The van der Waals surface area contributed by atoms with E-state index in [0.717, 1.165) is 21.3 Å². The SMILES string of the molecule is Cc1cc(O)cc(Br)c1CC(N)C(=O)N(C)c1ccccc1. The van der Waals surface area contributed by atoms with Gasteiger partial charge in [0.25, 0.3) is 0 Å². The topological polar surface area (TPSA) is 66.6 Å². The highest BCUT2D eigenvalue weighted by Gasteiger charge is 2.21. The van der Waals surface area contributed by atoms with Gasteiger partial charge in [-0.05, 0) is 48.7 Å². The molecule has 0 fully saturated rings. The van der Waals surface area contributed by atoms with Crippen LogP contribution in [0, 0.1) is 6.92 Å². The average Bonchev–Trinajstić information content (AvgIpc) is 2.50. The minimum atomic E-state index is -0.648. The smallest absolute Gasteiger partial charge is 0.243 e. The summed E-state index contributed by atoms with van der Waals surface area (Å²) in [5.41, 5.74) is 8.73. The molecule has 22 heavy (non-hydrogen) atoms. The first kappa shape index (κ1) is 16.5. The molecule has 0 aliphatic heterocycles. The summed E-state index contributed by atoms with van der Waals surface area (Å²) >= 11 is 3.42. The van der Waals surface area contributed by atoms with E-state index >= 15 is 0 Å². The first-order chi connectivity index (χ1) is 10.4. The van der Waals surface area contributed by atoms with Gasteiger partial charge < -0.3 is 15.7 Å². The summed E-state index contributed by atoms with van der Waals surface area (Å²) < 4.78 is 0.760. The van der Waals surface area contributed by atoms with Crippen molar-refractivity contribution in [2.24, 2.45) is 5.73 Å². The van der Waals surface area contributed by atoms with Gasteiger partial charge in [-0.25, -0.2) is 0 Å². The van der Waals surface area contributed by atoms with Gasteiger partial charge in [-0.15, -0.1) is 0 Å². The summed E-state index contributed by atoms with van der Waals surface area (Å²) in [6.07, 6.45) is 0.405. The number of phenolic OH excluding ortho intramolecular Hbond substituents is 1. The molecular weight excluding hydrogens is 344 g/mol. The average molecular weight is 363 g/mol. The predicted molar refractivity (Wildman–Crippen MR) is 92.1 cm³/mol. The largest absolute Gasteiger partial charge is 0.508 e. The second kappa shape index (κ2) is 6.94. The zero-order chi connectivity index (χ0) is 16.3. The van der Waals surface area contributed by atoms with Crippen molar-refractivity contribution < 1.29 is 9.90 Å². The van der Waals surface area contributed by atoms with Crippen molar-refractivity contribution in [1.82, 2.24) is 0 Å². The highest BCUT2D eigenvalue weighted by atomic mass is 79.9. The highest BCUT2D eigenvalue weighted by molar-refractivity contribution is 9.10. The standard InChI is InChI=1S/C17H19BrN2O2/c1-11-8-13(21)9-15(18)14(11)10-16(19)17(22)20(2)12-6-4-3-5-7-12/h3-9,16,21H,10,19H2,1-2H3. The summed E-state index contributed by atoms with van der Waals surface area (Å²) in [5, 5.41) is 9.56. The molecule has 1 unspecified atom stereocenters. The third kappa shape index (κ3) is 3.67. The molecule has 1 atom stereocenters. The summed E-state index contributed by atoms with van der Waals surface area (Å²) in [7, 11) is 1.72. The number of benzene rings is 2. The molecule has 0 heterocycles. The number of phenols is 1. The van der Waals surface area contributed by atoms with E-state index in [9.17, 15) is 9.90 Å². The molecule has 0 bridgehead atoms. The molecule has 4 nitrogen and oxygen atoms in total. The molecule has 0 spiro atoms. The lowest BCUT2D eigenvalue weighted by Crippen LogP contribution is -2.43. The van der Waals surface area contributed by atoms with Crippen LogP contribution < -0.4 is 10.6 Å². The Morgan fingerprint density at radius 2 is 1.95 bits per heavy atom. The molecule has 0 saturated heterocycles. The van der Waals surface area contributed by atoms with Gasteiger partial charge in [-0.2, -0.15) is 0 Å². The molecular formula is C17H19BrN2O2. The Morgan fingerprint density at radius 1 is 1.32 bits per heavy atom. The monoisotopic (exact) mass is 362 g/mol. The number of halogens is 1. The van der Waals surface area contributed by atoms with E-state index in [1.165, 1.54) is 0 Å². The minimum Gasteiger partial charge on any atom is -0.508 e. The number of nitrogens with two attached hydrogens (primary N) is 1. The molecule has 0 aliphatic carbocycles. The quantitative estimate of drug-likeness (QED) is 0.878. The number of hydrogen-bond donors (Lipinski definition) is 2. The molecule has 116 valence electrons. The molecule has 2 aromatic rings. The van der Waals surface area contributed by atoms with Crippen molar-refractivity contribution >= 4 is 27.5 Å². The third-order valence-electron chi connectivity index (χ3n) is 3.62. The van der Waals surface area contributed by atoms with Gasteiger partial charge in [0.05, 0.1) is 6.04 Å². The van der Waals surface area contributed by atoms with Gasteiger partial charge in [0.2, 0.25) is 5.91 Å². The van der Waals surface area contributed by atoms with E-state index in [2.05, 4.69) is 15.9 Å². The number of nitrogens with zero attached hydrogens (tertiary/aromatic N) is 1. The molecule has 3 N–H and O–H groups in total. The van der Waals surface area contributed by atoms with E-state index in [4.69, 9.17) is 5.73 Å². The fourth-order valence-electron chi connectivity index (χ4n) is 2.35. The van der Waals surface area contributed by atoms with Crippen LogP contribution >= 0.6 is 15.9 Å². The Hall–Kier alpha value is -1.85. The summed E-state index contributed by atoms with van der Waals surface area (Å²) in [6.45, 7) is 1.89. The maximum atomic E-state index is 12.5. The van der Waals surface area contributed by atoms with Crippen LogP contribution in [0.2, 0.25) is 0 Å². The lowest BCUT2D eigenvalue weighted by molar-refractivity contribution is -0.119. The van der Waals surface area contributed by atoms with Gasteiger partial charge in [0, 0.05) is 17.2 Å². The van der Waals surface area contributed by atoms with Gasteiger partial charge in [-0.1, -0.05) is 34.1 Å². The van der Waals surface area contributed by atoms with Crippen molar-refractivity contribution in [2.45, 2.75) is 19.4 Å². The molecule has 0 radical (unpaired) electrons. The number of carbonyl (C=O) groups is 1. The first-order valence-corrected chi connectivity index (χ1v) is 7.75. The molecule has 2 rings (SSSR count). The van der Waals surface area contributed by atoms with E-state index in [1.54, 1.807) is 24.1 Å². The van der Waals surface area contributed by atoms with Crippen molar-refractivity contribution in [3.8, 4) is 5.75 Å². The molecule has 0 aromatic heterocycles. The summed E-state index contributed by atoms with van der Waals surface area (Å²) in [6, 6.07) is 12.0. The van der Waals surface area contributed by atoms with Gasteiger partial charge >= 0.3 is 0 Å². The molecule has 0 saturated carbocycles. The van der Waals surface area contributed by atoms with Crippen molar-refractivity contribution in [3.05, 3.63) is 58.1 Å². The van der Waals surface area contributed by atoms with Crippen LogP contribution in [0.15, 0.2) is 46.9 Å². The van der Waals surface area contributed by atoms with Crippen LogP contribution in [0.25, 0.3) is 0 Å². The van der Waals surface area contributed by atoms with Crippen molar-refractivity contribution in [2.75, 3.05) is 11.9 Å². The van der Waals surface area contributed by atoms with Gasteiger partial charge in [0.1, 0.15) is 5.75 Å². The number of carbonyl (C=O) groups excluding carboxylic acids is 1. The highest BCUT2D eigenvalue weighted by Crippen LogP contribution is 2.27. The second-order valence-corrected chi connectivity index (χ2v) is 6.12. The Morgan fingerprint density at radius 3 is 2.55 bits per heavy atom. The molecule has 5 heteroatoms. The van der Waals surface area contributed by atoms with Crippen LogP contribution in [0.4, 0.5) is 5.69 Å². The Balaban J connectivity index is 2.15. The summed E-state index contributed by atoms with van der Waals surface area (Å²) in [5.74, 6) is 0.0417. The fourth-order valence-corrected chi connectivity index (χ4v) is 3.06. The Labute approximate surface area is 138 Å². The summed E-state index contributed by atoms with van der Waals surface area (Å²) in [4.78, 5) is 14.0. The molecule has 2 aromatic carbocycles. The zero-order valence-electron chi connectivity index (χ0n) is 12.6. The zero-order valence-corrected chi connectivity index (χ0v) is 14.2. The lowest BCUT2D eigenvalue weighted by Gasteiger charge is -2.22. The normalized spacial score (nSPS) is 12.0. The van der Waals surface area contributed by atoms with Crippen molar-refractivity contribution in [3.63, 3.8) is 0 Å². The minimum absolute atomic E-state index is 0.148. The van der Waals surface area contributed by atoms with Gasteiger partial charge in [0.15, 0.2) is 0 Å². The number of likely N-dealkylation sites (N-methyl/N-ethyl adjacent to an activating group) is 1. The maximum Gasteiger partial charge on any atom is 0.243 e.